The smallest absolute Gasteiger partial charge is 0.412 e. The fraction of sp³-hybridized carbons (Fsp3) is 0.462. The first kappa shape index (κ1) is 17.0. The predicted octanol–water partition coefficient (Wildman–Crippen LogP) is 3.99. The highest BCUT2D eigenvalue weighted by atomic mass is 35.5. The summed E-state index contributed by atoms with van der Waals surface area (Å²) < 4.78 is 10.3. The number of benzene rings is 1. The number of hydrogen-bond donors (Lipinski definition) is 1. The minimum atomic E-state index is -0.796. The average Bonchev–Trinajstić information content (AvgIpc) is 2.30. The molecule has 21 heavy (non-hydrogen) atoms. The zero-order chi connectivity index (χ0) is 16.2. The van der Waals surface area contributed by atoms with Gasteiger partial charge in [-0.25, -0.2) is 4.79 Å². The number of carbonyl (C=O) groups is 1. The first-order chi connectivity index (χ1) is 9.64. The van der Waals surface area contributed by atoms with Crippen LogP contribution in [0.15, 0.2) is 12.1 Å². The monoisotopic (exact) mass is 316 g/mol. The van der Waals surface area contributed by atoms with Crippen molar-refractivity contribution in [1.82, 2.24) is 0 Å². The van der Waals surface area contributed by atoms with Crippen LogP contribution in [-0.2, 0) is 4.74 Å². The molecule has 0 bridgehead atoms. The van der Waals surface area contributed by atoms with E-state index in [1.165, 1.54) is 6.07 Å². The van der Waals surface area contributed by atoms with Crippen molar-refractivity contribution in [3.8, 4) is 5.75 Å². The van der Waals surface area contributed by atoms with Gasteiger partial charge in [0.2, 0.25) is 0 Å². The summed E-state index contributed by atoms with van der Waals surface area (Å²) in [7, 11) is 0. The second-order valence-electron chi connectivity index (χ2n) is 5.12. The van der Waals surface area contributed by atoms with Crippen LogP contribution in [0.4, 0.5) is 16.2 Å². The lowest BCUT2D eigenvalue weighted by atomic mass is 10.2. The van der Waals surface area contributed by atoms with E-state index in [9.17, 15) is 14.9 Å². The summed E-state index contributed by atoms with van der Waals surface area (Å²) in [5.41, 5.74) is -1.09. The normalized spacial score (nSPS) is 10.9. The van der Waals surface area contributed by atoms with Gasteiger partial charge in [-0.2, -0.15) is 0 Å². The molecule has 116 valence electrons. The minimum absolute atomic E-state index is 0.0397. The van der Waals surface area contributed by atoms with Gasteiger partial charge in [-0.3, -0.25) is 15.4 Å². The SMILES string of the molecule is CCOc1cc(NC(=O)OC(C)(C)C)c([N+](=O)[O-])cc1Cl. The Hall–Kier alpha value is -2.02. The molecule has 1 rings (SSSR count). The molecule has 7 nitrogen and oxygen atoms in total. The van der Waals surface area contributed by atoms with E-state index < -0.39 is 16.6 Å². The number of carbonyl (C=O) groups excluding carboxylic acids is 1. The molecule has 0 aliphatic carbocycles. The fourth-order valence-corrected chi connectivity index (χ4v) is 1.69. The first-order valence-electron chi connectivity index (χ1n) is 6.24. The van der Waals surface area contributed by atoms with E-state index in [1.807, 2.05) is 0 Å². The molecule has 1 aromatic carbocycles. The topological polar surface area (TPSA) is 90.7 Å². The third-order valence-electron chi connectivity index (χ3n) is 2.18. The van der Waals surface area contributed by atoms with Crippen LogP contribution in [0.2, 0.25) is 5.02 Å². The summed E-state index contributed by atoms with van der Waals surface area (Å²) in [5, 5.41) is 13.5. The van der Waals surface area contributed by atoms with Gasteiger partial charge >= 0.3 is 6.09 Å². The maximum Gasteiger partial charge on any atom is 0.412 e. The Balaban J connectivity index is 3.11. The second kappa shape index (κ2) is 6.62. The molecule has 0 atom stereocenters. The van der Waals surface area contributed by atoms with E-state index in [0.717, 1.165) is 6.07 Å². The van der Waals surface area contributed by atoms with Crippen molar-refractivity contribution >= 4 is 29.1 Å². The second-order valence-corrected chi connectivity index (χ2v) is 5.52. The Morgan fingerprint density at radius 1 is 1.43 bits per heavy atom. The van der Waals surface area contributed by atoms with E-state index >= 15 is 0 Å². The zero-order valence-corrected chi connectivity index (χ0v) is 13.0. The van der Waals surface area contributed by atoms with Crippen molar-refractivity contribution in [3.63, 3.8) is 0 Å². The maximum atomic E-state index is 11.7. The van der Waals surface area contributed by atoms with Crippen molar-refractivity contribution in [3.05, 3.63) is 27.3 Å². The Morgan fingerprint density at radius 3 is 2.52 bits per heavy atom. The lowest BCUT2D eigenvalue weighted by molar-refractivity contribution is -0.383. The van der Waals surface area contributed by atoms with Crippen LogP contribution >= 0.6 is 11.6 Å². The Labute approximate surface area is 127 Å². The van der Waals surface area contributed by atoms with Gasteiger partial charge in [0, 0.05) is 12.1 Å². The predicted molar refractivity (Wildman–Crippen MR) is 79.1 cm³/mol. The van der Waals surface area contributed by atoms with E-state index in [0.29, 0.717) is 6.61 Å². The maximum absolute atomic E-state index is 11.7. The van der Waals surface area contributed by atoms with Crippen LogP contribution in [-0.4, -0.2) is 23.2 Å². The number of rotatable bonds is 4. The molecule has 0 aliphatic heterocycles. The van der Waals surface area contributed by atoms with E-state index in [-0.39, 0.29) is 22.1 Å². The number of amides is 1. The van der Waals surface area contributed by atoms with Crippen LogP contribution in [0, 0.1) is 10.1 Å². The molecule has 0 heterocycles. The molecule has 0 spiro atoms. The van der Waals surface area contributed by atoms with Gasteiger partial charge in [-0.15, -0.1) is 0 Å². The highest BCUT2D eigenvalue weighted by Gasteiger charge is 2.23. The van der Waals surface area contributed by atoms with Crippen molar-refractivity contribution in [2.75, 3.05) is 11.9 Å². The summed E-state index contributed by atoms with van der Waals surface area (Å²) in [6, 6.07) is 2.42. The highest BCUT2D eigenvalue weighted by Crippen LogP contribution is 2.36. The standard InChI is InChI=1S/C13H17ClN2O5/c1-5-20-11-7-9(10(16(18)19)6-8(11)14)15-12(17)21-13(2,3)4/h6-7H,5H2,1-4H3,(H,15,17). The number of nitrogens with zero attached hydrogens (tertiary/aromatic N) is 1. The summed E-state index contributed by atoms with van der Waals surface area (Å²) in [6.07, 6.45) is -0.796. The summed E-state index contributed by atoms with van der Waals surface area (Å²) in [5.74, 6) is 0.246. The number of nitro benzene ring substituents is 1. The number of halogens is 1. The third-order valence-corrected chi connectivity index (χ3v) is 2.48. The van der Waals surface area contributed by atoms with Gasteiger partial charge in [-0.05, 0) is 27.7 Å². The van der Waals surface area contributed by atoms with Gasteiger partial charge in [0.05, 0.1) is 16.6 Å². The molecule has 0 aromatic heterocycles. The van der Waals surface area contributed by atoms with Crippen molar-refractivity contribution in [2.24, 2.45) is 0 Å². The number of nitro groups is 1. The molecule has 1 aromatic rings. The molecule has 8 heteroatoms. The molecule has 1 amide bonds. The third kappa shape index (κ3) is 5.11. The van der Waals surface area contributed by atoms with Crippen LogP contribution in [0.3, 0.4) is 0 Å². The summed E-state index contributed by atoms with van der Waals surface area (Å²) >= 11 is 5.89. The quantitative estimate of drug-likeness (QED) is 0.669. The van der Waals surface area contributed by atoms with E-state index in [4.69, 9.17) is 21.1 Å². The van der Waals surface area contributed by atoms with Gasteiger partial charge in [0.1, 0.15) is 17.0 Å². The molecule has 0 radical (unpaired) electrons. The largest absolute Gasteiger partial charge is 0.492 e. The molecule has 0 saturated carbocycles. The van der Waals surface area contributed by atoms with E-state index in [2.05, 4.69) is 5.32 Å². The molecule has 0 saturated heterocycles. The number of nitrogens with one attached hydrogen (secondary N) is 1. The molecular formula is C13H17ClN2O5. The zero-order valence-electron chi connectivity index (χ0n) is 12.2. The van der Waals surface area contributed by atoms with Crippen LogP contribution in [0.5, 0.6) is 5.75 Å². The number of anilines is 1. The van der Waals surface area contributed by atoms with E-state index in [1.54, 1.807) is 27.7 Å². The first-order valence-corrected chi connectivity index (χ1v) is 6.62. The lowest BCUT2D eigenvalue weighted by Crippen LogP contribution is -2.27. The Kier molecular flexibility index (Phi) is 5.37. The van der Waals surface area contributed by atoms with Gasteiger partial charge < -0.3 is 9.47 Å². The van der Waals surface area contributed by atoms with Crippen molar-refractivity contribution in [2.45, 2.75) is 33.3 Å². The van der Waals surface area contributed by atoms with Gasteiger partial charge in [0.15, 0.2) is 0 Å². The van der Waals surface area contributed by atoms with Crippen LogP contribution < -0.4 is 10.1 Å². The Bertz CT molecular complexity index is 554. The summed E-state index contributed by atoms with van der Waals surface area (Å²) in [6.45, 7) is 7.15. The molecule has 0 aliphatic rings. The summed E-state index contributed by atoms with van der Waals surface area (Å²) in [4.78, 5) is 22.1. The van der Waals surface area contributed by atoms with Crippen molar-refractivity contribution < 1.29 is 19.2 Å². The Morgan fingerprint density at radius 2 is 2.05 bits per heavy atom. The molecule has 0 unspecified atom stereocenters. The van der Waals surface area contributed by atoms with Crippen LogP contribution in [0.25, 0.3) is 0 Å². The van der Waals surface area contributed by atoms with Gasteiger partial charge in [-0.1, -0.05) is 11.6 Å². The van der Waals surface area contributed by atoms with Crippen LogP contribution in [0.1, 0.15) is 27.7 Å². The van der Waals surface area contributed by atoms with Gasteiger partial charge in [0.25, 0.3) is 5.69 Å². The average molecular weight is 317 g/mol. The van der Waals surface area contributed by atoms with Crippen molar-refractivity contribution in [1.29, 1.82) is 0 Å². The minimum Gasteiger partial charge on any atom is -0.492 e. The number of ether oxygens (including phenoxy) is 2. The fourth-order valence-electron chi connectivity index (χ4n) is 1.47. The lowest BCUT2D eigenvalue weighted by Gasteiger charge is -2.19. The highest BCUT2D eigenvalue weighted by molar-refractivity contribution is 6.32. The molecule has 1 N–H and O–H groups in total. The molecule has 0 fully saturated rings. The molecular weight excluding hydrogens is 300 g/mol. The number of hydrogen-bond acceptors (Lipinski definition) is 5.